The van der Waals surface area contributed by atoms with E-state index in [1.54, 1.807) is 6.92 Å². The van der Waals surface area contributed by atoms with E-state index in [-0.39, 0.29) is 36.2 Å². The van der Waals surface area contributed by atoms with E-state index in [4.69, 9.17) is 20.3 Å². The van der Waals surface area contributed by atoms with Gasteiger partial charge in [-0.1, -0.05) is 0 Å². The van der Waals surface area contributed by atoms with Crippen molar-refractivity contribution in [2.75, 3.05) is 24.3 Å². The maximum Gasteiger partial charge on any atom is 0.338 e. The number of primary sulfonamides is 1. The highest BCUT2D eigenvalue weighted by atomic mass is 32.2. The predicted molar refractivity (Wildman–Crippen MR) is 103 cm³/mol. The third kappa shape index (κ3) is 5.96. The number of anilines is 2. The number of ether oxygens (including phenoxy) is 2. The molecule has 0 unspecified atom stereocenters. The zero-order valence-electron chi connectivity index (χ0n) is 15.2. The van der Waals surface area contributed by atoms with Crippen LogP contribution in [0.1, 0.15) is 23.7 Å². The Morgan fingerprint density at radius 3 is 2.39 bits per heavy atom. The highest BCUT2D eigenvalue weighted by Crippen LogP contribution is 2.23. The molecule has 0 aliphatic heterocycles. The molecule has 2 aromatic carbocycles. The van der Waals surface area contributed by atoms with E-state index in [1.165, 1.54) is 42.5 Å². The van der Waals surface area contributed by atoms with E-state index in [2.05, 4.69) is 5.32 Å². The van der Waals surface area contributed by atoms with Gasteiger partial charge in [-0.2, -0.15) is 0 Å². The standard InChI is InChI=1S/C18H21N3O6S/c1-2-26-18(23)12-3-8-15(19)16(11-12)27-10-9-17(22)21-13-4-6-14(7-5-13)28(20,24)25/h3-8,11H,2,9-10,19H2,1H3,(H,21,22)(H2,20,24,25). The van der Waals surface area contributed by atoms with Gasteiger partial charge in [-0.15, -0.1) is 0 Å². The van der Waals surface area contributed by atoms with Crippen molar-refractivity contribution in [3.63, 3.8) is 0 Å². The zero-order chi connectivity index (χ0) is 20.7. The lowest BCUT2D eigenvalue weighted by atomic mass is 10.2. The van der Waals surface area contributed by atoms with Gasteiger partial charge >= 0.3 is 5.97 Å². The zero-order valence-corrected chi connectivity index (χ0v) is 16.0. The third-order valence-electron chi connectivity index (χ3n) is 3.58. The molecule has 0 fully saturated rings. The molecule has 1 amide bonds. The summed E-state index contributed by atoms with van der Waals surface area (Å²) in [4.78, 5) is 23.7. The van der Waals surface area contributed by atoms with Gasteiger partial charge in [-0.25, -0.2) is 18.4 Å². The molecule has 0 aromatic heterocycles. The number of nitrogens with one attached hydrogen (secondary N) is 1. The minimum absolute atomic E-state index is 0.0139. The van der Waals surface area contributed by atoms with Crippen LogP contribution in [-0.2, 0) is 19.6 Å². The maximum atomic E-state index is 12.0. The number of rotatable bonds is 8. The van der Waals surface area contributed by atoms with Gasteiger partial charge in [-0.3, -0.25) is 4.79 Å². The van der Waals surface area contributed by atoms with Gasteiger partial charge in [0.2, 0.25) is 15.9 Å². The van der Waals surface area contributed by atoms with Crippen LogP contribution >= 0.6 is 0 Å². The molecule has 0 saturated heterocycles. The number of hydrogen-bond acceptors (Lipinski definition) is 7. The Balaban J connectivity index is 1.90. The fraction of sp³-hybridized carbons (Fsp3) is 0.222. The number of carbonyl (C=O) groups is 2. The molecular weight excluding hydrogens is 386 g/mol. The Morgan fingerprint density at radius 1 is 1.11 bits per heavy atom. The Kier molecular flexibility index (Phi) is 6.96. The van der Waals surface area contributed by atoms with Crippen molar-refractivity contribution >= 4 is 33.3 Å². The smallest absolute Gasteiger partial charge is 0.338 e. The van der Waals surface area contributed by atoms with E-state index in [0.717, 1.165) is 0 Å². The number of nitrogen functional groups attached to an aromatic ring is 1. The van der Waals surface area contributed by atoms with Crippen molar-refractivity contribution in [1.82, 2.24) is 0 Å². The number of esters is 1. The quantitative estimate of drug-likeness (QED) is 0.443. The first kappa shape index (κ1) is 21.2. The van der Waals surface area contributed by atoms with Crippen LogP contribution in [0.25, 0.3) is 0 Å². The van der Waals surface area contributed by atoms with Gasteiger partial charge in [0.05, 0.1) is 35.8 Å². The van der Waals surface area contributed by atoms with Crippen LogP contribution in [0.15, 0.2) is 47.4 Å². The van der Waals surface area contributed by atoms with Crippen molar-refractivity contribution in [3.8, 4) is 5.75 Å². The molecule has 2 rings (SSSR count). The Morgan fingerprint density at radius 2 is 1.79 bits per heavy atom. The second kappa shape index (κ2) is 9.20. The third-order valence-corrected chi connectivity index (χ3v) is 4.51. The number of nitrogens with two attached hydrogens (primary N) is 2. The first-order valence-electron chi connectivity index (χ1n) is 8.33. The molecule has 150 valence electrons. The van der Waals surface area contributed by atoms with E-state index in [9.17, 15) is 18.0 Å². The largest absolute Gasteiger partial charge is 0.491 e. The van der Waals surface area contributed by atoms with Gasteiger partial charge in [0, 0.05) is 5.69 Å². The van der Waals surface area contributed by atoms with Crippen LogP contribution in [-0.4, -0.2) is 33.5 Å². The minimum atomic E-state index is -3.79. The lowest BCUT2D eigenvalue weighted by Gasteiger charge is -2.11. The molecule has 9 nitrogen and oxygen atoms in total. The highest BCUT2D eigenvalue weighted by molar-refractivity contribution is 7.89. The van der Waals surface area contributed by atoms with Crippen LogP contribution in [0.3, 0.4) is 0 Å². The fourth-order valence-corrected chi connectivity index (χ4v) is 2.72. The van der Waals surface area contributed by atoms with Crippen molar-refractivity contribution in [2.24, 2.45) is 5.14 Å². The highest BCUT2D eigenvalue weighted by Gasteiger charge is 2.11. The summed E-state index contributed by atoms with van der Waals surface area (Å²) >= 11 is 0. The van der Waals surface area contributed by atoms with Gasteiger partial charge in [0.15, 0.2) is 0 Å². The molecule has 0 spiro atoms. The van der Waals surface area contributed by atoms with E-state index < -0.39 is 16.0 Å². The minimum Gasteiger partial charge on any atom is -0.491 e. The summed E-state index contributed by atoms with van der Waals surface area (Å²) in [5.74, 6) is -0.563. The Labute approximate surface area is 162 Å². The summed E-state index contributed by atoms with van der Waals surface area (Å²) in [6.45, 7) is 1.98. The number of sulfonamides is 1. The van der Waals surface area contributed by atoms with Gasteiger partial charge in [0.25, 0.3) is 0 Å². The molecule has 2 aromatic rings. The predicted octanol–water partition coefficient (Wildman–Crippen LogP) is 1.50. The maximum absolute atomic E-state index is 12.0. The summed E-state index contributed by atoms with van der Waals surface area (Å²) in [5, 5.41) is 7.62. The molecule has 0 bridgehead atoms. The van der Waals surface area contributed by atoms with Crippen molar-refractivity contribution < 1.29 is 27.5 Å². The van der Waals surface area contributed by atoms with Gasteiger partial charge in [-0.05, 0) is 49.4 Å². The second-order valence-corrected chi connectivity index (χ2v) is 7.25. The van der Waals surface area contributed by atoms with Crippen LogP contribution in [0.2, 0.25) is 0 Å². The number of amides is 1. The molecule has 28 heavy (non-hydrogen) atoms. The number of benzene rings is 2. The van der Waals surface area contributed by atoms with Crippen LogP contribution in [0.4, 0.5) is 11.4 Å². The lowest BCUT2D eigenvalue weighted by Crippen LogP contribution is -2.16. The average Bonchev–Trinajstić information content (AvgIpc) is 2.63. The van der Waals surface area contributed by atoms with Crippen molar-refractivity contribution in [3.05, 3.63) is 48.0 Å². The SMILES string of the molecule is CCOC(=O)c1ccc(N)c(OCCC(=O)Nc2ccc(S(N)(=O)=O)cc2)c1. The summed E-state index contributed by atoms with van der Waals surface area (Å²) in [5.41, 5.74) is 6.86. The molecule has 0 heterocycles. The average molecular weight is 407 g/mol. The first-order valence-corrected chi connectivity index (χ1v) is 9.87. The molecule has 0 aliphatic rings. The topological polar surface area (TPSA) is 151 Å². The fourth-order valence-electron chi connectivity index (χ4n) is 2.21. The van der Waals surface area contributed by atoms with E-state index in [1.807, 2.05) is 0 Å². The van der Waals surface area contributed by atoms with Crippen LogP contribution in [0.5, 0.6) is 5.75 Å². The lowest BCUT2D eigenvalue weighted by molar-refractivity contribution is -0.116. The molecule has 10 heteroatoms. The molecule has 0 aliphatic carbocycles. The summed E-state index contributed by atoms with van der Waals surface area (Å²) < 4.78 is 32.8. The molecule has 0 saturated carbocycles. The van der Waals surface area contributed by atoms with E-state index in [0.29, 0.717) is 16.9 Å². The normalized spacial score (nSPS) is 10.9. The first-order chi connectivity index (χ1) is 13.2. The van der Waals surface area contributed by atoms with Crippen molar-refractivity contribution in [1.29, 1.82) is 0 Å². The summed E-state index contributed by atoms with van der Waals surface area (Å²) in [6, 6.07) is 9.95. The Hall–Kier alpha value is -3.11. The molecule has 0 atom stereocenters. The van der Waals surface area contributed by atoms with E-state index >= 15 is 0 Å². The van der Waals surface area contributed by atoms with Gasteiger partial charge in [0.1, 0.15) is 5.75 Å². The van der Waals surface area contributed by atoms with Crippen LogP contribution < -0.4 is 20.9 Å². The van der Waals surface area contributed by atoms with Crippen molar-refractivity contribution in [2.45, 2.75) is 18.2 Å². The van der Waals surface area contributed by atoms with Crippen LogP contribution in [0, 0.1) is 0 Å². The molecule has 5 N–H and O–H groups in total. The number of hydrogen-bond donors (Lipinski definition) is 3. The van der Waals surface area contributed by atoms with Gasteiger partial charge < -0.3 is 20.5 Å². The molecule has 0 radical (unpaired) electrons. The molecular formula is C18H21N3O6S. The second-order valence-electron chi connectivity index (χ2n) is 5.69. The summed E-state index contributed by atoms with van der Waals surface area (Å²) in [7, 11) is -3.79. The summed E-state index contributed by atoms with van der Waals surface area (Å²) in [6.07, 6.45) is 0.0139. The monoisotopic (exact) mass is 407 g/mol. The number of carbonyl (C=O) groups excluding carboxylic acids is 2. The Bertz CT molecular complexity index is 958.